The van der Waals surface area contributed by atoms with E-state index >= 15 is 0 Å². The van der Waals surface area contributed by atoms with Gasteiger partial charge in [0.15, 0.2) is 0 Å². The molecule has 166 valence electrons. The normalized spacial score (nSPS) is 18.3. The lowest BCUT2D eigenvalue weighted by atomic mass is 10.1. The first-order chi connectivity index (χ1) is 14.9. The minimum absolute atomic E-state index is 0.0625. The van der Waals surface area contributed by atoms with Crippen LogP contribution in [0, 0.1) is 0 Å². The average molecular weight is 464 g/mol. The molecule has 0 radical (unpaired) electrons. The maximum atomic E-state index is 12.8. The fourth-order valence-corrected chi connectivity index (χ4v) is 5.58. The zero-order valence-electron chi connectivity index (χ0n) is 17.4. The third-order valence-corrected chi connectivity index (χ3v) is 7.63. The number of carbonyl (C=O) groups is 1. The van der Waals surface area contributed by atoms with Crippen molar-refractivity contribution in [1.82, 2.24) is 4.72 Å². The molecule has 2 aliphatic heterocycles. The molecule has 2 N–H and O–H groups in total. The highest BCUT2D eigenvalue weighted by Gasteiger charge is 2.24. The van der Waals surface area contributed by atoms with E-state index in [1.54, 1.807) is 0 Å². The molecule has 1 saturated heterocycles. The van der Waals surface area contributed by atoms with Gasteiger partial charge in [-0.25, -0.2) is 13.1 Å². The zero-order valence-corrected chi connectivity index (χ0v) is 18.9. The fourth-order valence-electron chi connectivity index (χ4n) is 3.99. The minimum atomic E-state index is -3.87. The minimum Gasteiger partial charge on any atom is -0.377 e. The molecule has 1 atom stereocenters. The third-order valence-electron chi connectivity index (χ3n) is 5.72. The van der Waals surface area contributed by atoms with Gasteiger partial charge in [0.2, 0.25) is 10.0 Å². The topological polar surface area (TPSA) is 87.7 Å². The fraction of sp³-hybridized carbons (Fsp3) is 0.409. The van der Waals surface area contributed by atoms with E-state index in [0.29, 0.717) is 12.3 Å². The second kappa shape index (κ2) is 9.16. The SMILES string of the molecule is CCN1CCc2ccc(NC(=O)c3ccc(Cl)c(S(=O)(=O)NCC4CCCO4)c3)cc21. The Balaban J connectivity index is 1.50. The van der Waals surface area contributed by atoms with Crippen molar-refractivity contribution >= 4 is 38.9 Å². The van der Waals surface area contributed by atoms with Crippen molar-refractivity contribution in [1.29, 1.82) is 0 Å². The van der Waals surface area contributed by atoms with Gasteiger partial charge in [0, 0.05) is 43.2 Å². The second-order valence-corrected chi connectivity index (χ2v) is 9.90. The number of carbonyl (C=O) groups excluding carboxylic acids is 1. The van der Waals surface area contributed by atoms with Crippen LogP contribution in [0.5, 0.6) is 0 Å². The first-order valence-corrected chi connectivity index (χ1v) is 12.3. The second-order valence-electron chi connectivity index (χ2n) is 7.76. The molecule has 1 unspecified atom stereocenters. The molecule has 0 bridgehead atoms. The van der Waals surface area contributed by atoms with E-state index in [1.165, 1.54) is 23.8 Å². The van der Waals surface area contributed by atoms with E-state index in [1.807, 2.05) is 18.2 Å². The van der Waals surface area contributed by atoms with Gasteiger partial charge in [0.25, 0.3) is 5.91 Å². The van der Waals surface area contributed by atoms with Crippen LogP contribution in [0.25, 0.3) is 0 Å². The number of nitrogens with one attached hydrogen (secondary N) is 2. The van der Waals surface area contributed by atoms with Crippen LogP contribution < -0.4 is 14.9 Å². The Bertz CT molecular complexity index is 1080. The van der Waals surface area contributed by atoms with Crippen LogP contribution in [-0.2, 0) is 21.2 Å². The van der Waals surface area contributed by atoms with Gasteiger partial charge in [-0.2, -0.15) is 0 Å². The van der Waals surface area contributed by atoms with Crippen molar-refractivity contribution in [2.75, 3.05) is 36.5 Å². The molecule has 0 saturated carbocycles. The van der Waals surface area contributed by atoms with Gasteiger partial charge in [0.05, 0.1) is 11.1 Å². The number of nitrogens with zero attached hydrogens (tertiary/aromatic N) is 1. The summed E-state index contributed by atoms with van der Waals surface area (Å²) in [7, 11) is -3.87. The van der Waals surface area contributed by atoms with Crippen molar-refractivity contribution in [2.45, 2.75) is 37.2 Å². The molecule has 1 fully saturated rings. The number of likely N-dealkylation sites (N-methyl/N-ethyl adjacent to an activating group) is 1. The largest absolute Gasteiger partial charge is 0.377 e. The molecule has 9 heteroatoms. The Morgan fingerprint density at radius 2 is 2.10 bits per heavy atom. The van der Waals surface area contributed by atoms with Gasteiger partial charge in [-0.15, -0.1) is 0 Å². The van der Waals surface area contributed by atoms with E-state index in [2.05, 4.69) is 21.9 Å². The highest BCUT2D eigenvalue weighted by molar-refractivity contribution is 7.89. The van der Waals surface area contributed by atoms with E-state index in [-0.39, 0.29) is 28.1 Å². The van der Waals surface area contributed by atoms with Crippen molar-refractivity contribution in [3.05, 3.63) is 52.5 Å². The molecule has 2 heterocycles. The lowest BCUT2D eigenvalue weighted by Crippen LogP contribution is -2.32. The summed E-state index contributed by atoms with van der Waals surface area (Å²) in [6, 6.07) is 10.1. The molecule has 2 aromatic rings. The number of sulfonamides is 1. The Morgan fingerprint density at radius 3 is 2.84 bits per heavy atom. The van der Waals surface area contributed by atoms with Crippen LogP contribution >= 0.6 is 11.6 Å². The van der Waals surface area contributed by atoms with Gasteiger partial charge < -0.3 is 15.0 Å². The summed E-state index contributed by atoms with van der Waals surface area (Å²) in [5.74, 6) is -0.395. The maximum Gasteiger partial charge on any atom is 0.255 e. The number of benzene rings is 2. The van der Waals surface area contributed by atoms with Crippen LogP contribution in [0.1, 0.15) is 35.7 Å². The smallest absolute Gasteiger partial charge is 0.255 e. The molecule has 31 heavy (non-hydrogen) atoms. The molecule has 0 spiro atoms. The molecular formula is C22H26ClN3O4S. The van der Waals surface area contributed by atoms with E-state index in [0.717, 1.165) is 38.0 Å². The average Bonchev–Trinajstić information content (AvgIpc) is 3.42. The summed E-state index contributed by atoms with van der Waals surface area (Å²) in [5.41, 5.74) is 3.27. The highest BCUT2D eigenvalue weighted by atomic mass is 35.5. The van der Waals surface area contributed by atoms with Crippen molar-refractivity contribution in [3.63, 3.8) is 0 Å². The third kappa shape index (κ3) is 4.87. The number of hydrogen-bond acceptors (Lipinski definition) is 5. The number of halogens is 1. The van der Waals surface area contributed by atoms with Crippen molar-refractivity contribution < 1.29 is 17.9 Å². The Morgan fingerprint density at radius 1 is 1.26 bits per heavy atom. The standard InChI is InChI=1S/C22H26ClN3O4S/c1-2-26-10-9-15-5-7-17(13-20(15)26)25-22(27)16-6-8-19(23)21(12-16)31(28,29)24-14-18-4-3-11-30-18/h5-8,12-13,18,24H,2-4,9-11,14H2,1H3,(H,25,27). The quantitative estimate of drug-likeness (QED) is 0.656. The molecular weight excluding hydrogens is 438 g/mol. The first-order valence-electron chi connectivity index (χ1n) is 10.5. The highest BCUT2D eigenvalue weighted by Crippen LogP contribution is 2.31. The van der Waals surface area contributed by atoms with Crippen LogP contribution in [0.15, 0.2) is 41.3 Å². The first kappa shape index (κ1) is 22.1. The molecule has 0 aliphatic carbocycles. The number of fused-ring (bicyclic) bond motifs is 1. The predicted octanol–water partition coefficient (Wildman–Crippen LogP) is 3.43. The summed E-state index contributed by atoms with van der Waals surface area (Å²) >= 11 is 6.15. The van der Waals surface area contributed by atoms with Crippen LogP contribution in [0.4, 0.5) is 11.4 Å². The van der Waals surface area contributed by atoms with Gasteiger partial charge in [-0.1, -0.05) is 17.7 Å². The summed E-state index contributed by atoms with van der Waals surface area (Å²) in [6.07, 6.45) is 2.59. The zero-order chi connectivity index (χ0) is 22.0. The van der Waals surface area contributed by atoms with Gasteiger partial charge in [-0.3, -0.25) is 4.79 Å². The molecule has 7 nitrogen and oxygen atoms in total. The molecule has 4 rings (SSSR count). The molecule has 0 aromatic heterocycles. The van der Waals surface area contributed by atoms with Gasteiger partial charge in [0.1, 0.15) is 4.90 Å². The summed E-state index contributed by atoms with van der Waals surface area (Å²) < 4.78 is 33.5. The Kier molecular flexibility index (Phi) is 6.52. The van der Waals surface area contributed by atoms with Crippen molar-refractivity contribution in [2.24, 2.45) is 0 Å². The van der Waals surface area contributed by atoms with E-state index in [9.17, 15) is 13.2 Å². The summed E-state index contributed by atoms with van der Waals surface area (Å²) in [4.78, 5) is 15.0. The van der Waals surface area contributed by atoms with Crippen LogP contribution in [0.2, 0.25) is 5.02 Å². The van der Waals surface area contributed by atoms with E-state index in [4.69, 9.17) is 16.3 Å². The number of anilines is 2. The number of amides is 1. The lowest BCUT2D eigenvalue weighted by Gasteiger charge is -2.17. The Labute approximate surface area is 187 Å². The molecule has 1 amide bonds. The number of rotatable bonds is 7. The molecule has 2 aliphatic rings. The number of hydrogen-bond donors (Lipinski definition) is 2. The van der Waals surface area contributed by atoms with E-state index < -0.39 is 15.9 Å². The predicted molar refractivity (Wildman–Crippen MR) is 122 cm³/mol. The van der Waals surface area contributed by atoms with Gasteiger partial charge >= 0.3 is 0 Å². The maximum absolute atomic E-state index is 12.8. The Hall–Kier alpha value is -2.13. The van der Waals surface area contributed by atoms with Crippen LogP contribution in [-0.4, -0.2) is 46.7 Å². The summed E-state index contributed by atoms with van der Waals surface area (Å²) in [5, 5.41) is 2.93. The van der Waals surface area contributed by atoms with Gasteiger partial charge in [-0.05, 0) is 62.1 Å². The number of ether oxygens (including phenoxy) is 1. The lowest BCUT2D eigenvalue weighted by molar-refractivity contribution is 0.102. The van der Waals surface area contributed by atoms with Crippen LogP contribution in [0.3, 0.4) is 0 Å². The van der Waals surface area contributed by atoms with Crippen molar-refractivity contribution in [3.8, 4) is 0 Å². The molecule has 2 aromatic carbocycles. The monoisotopic (exact) mass is 463 g/mol. The summed E-state index contributed by atoms with van der Waals surface area (Å²) in [6.45, 7) is 4.80.